The molecule has 0 saturated carbocycles. The first-order valence-corrected chi connectivity index (χ1v) is 7.02. The van der Waals surface area contributed by atoms with E-state index in [2.05, 4.69) is 29.2 Å². The van der Waals surface area contributed by atoms with Gasteiger partial charge in [-0.25, -0.2) is 0 Å². The van der Waals surface area contributed by atoms with Crippen LogP contribution in [-0.2, 0) is 13.0 Å². The third kappa shape index (κ3) is 2.71. The van der Waals surface area contributed by atoms with E-state index in [1.807, 2.05) is 18.2 Å². The molecule has 0 radical (unpaired) electrons. The van der Waals surface area contributed by atoms with Gasteiger partial charge in [-0.15, -0.1) is 0 Å². The highest BCUT2D eigenvalue weighted by Crippen LogP contribution is 2.27. The third-order valence-corrected chi connectivity index (χ3v) is 3.83. The van der Waals surface area contributed by atoms with Crippen molar-refractivity contribution in [3.8, 4) is 0 Å². The van der Waals surface area contributed by atoms with E-state index < -0.39 is 7.12 Å². The maximum absolute atomic E-state index is 9.27. The fourth-order valence-electron chi connectivity index (χ4n) is 2.82. The zero-order valence-corrected chi connectivity index (χ0v) is 11.4. The number of hydrogen-bond acceptors (Lipinski definition) is 3. The van der Waals surface area contributed by atoms with Gasteiger partial charge in [0.15, 0.2) is 0 Å². The Morgan fingerprint density at radius 1 is 1.05 bits per heavy atom. The van der Waals surface area contributed by atoms with Crippen molar-refractivity contribution in [3.05, 3.63) is 59.7 Å². The van der Waals surface area contributed by atoms with Gasteiger partial charge < -0.3 is 14.9 Å². The van der Waals surface area contributed by atoms with Crippen molar-refractivity contribution in [1.29, 1.82) is 0 Å². The van der Waals surface area contributed by atoms with Crippen molar-refractivity contribution in [2.75, 3.05) is 11.4 Å². The molecule has 0 bridgehead atoms. The fraction of sp³-hybridized carbons (Fsp3) is 0.250. The van der Waals surface area contributed by atoms with E-state index in [4.69, 9.17) is 0 Å². The molecule has 2 aromatic carbocycles. The highest BCUT2D eigenvalue weighted by Gasteiger charge is 2.19. The number of fused-ring (bicyclic) bond motifs is 1. The zero-order chi connectivity index (χ0) is 13.9. The molecule has 20 heavy (non-hydrogen) atoms. The number of rotatable bonds is 3. The summed E-state index contributed by atoms with van der Waals surface area (Å²) in [6.45, 7) is 1.94. The van der Waals surface area contributed by atoms with E-state index in [1.54, 1.807) is 6.07 Å². The molecule has 0 fully saturated rings. The second kappa shape index (κ2) is 5.69. The van der Waals surface area contributed by atoms with Crippen LogP contribution in [0.2, 0.25) is 0 Å². The van der Waals surface area contributed by atoms with Crippen molar-refractivity contribution < 1.29 is 10.0 Å². The van der Waals surface area contributed by atoms with Gasteiger partial charge in [0.05, 0.1) is 0 Å². The molecule has 2 N–H and O–H groups in total. The largest absolute Gasteiger partial charge is 0.488 e. The van der Waals surface area contributed by atoms with Gasteiger partial charge in [-0.3, -0.25) is 0 Å². The van der Waals surface area contributed by atoms with Crippen LogP contribution >= 0.6 is 0 Å². The van der Waals surface area contributed by atoms with Crippen LogP contribution in [0.1, 0.15) is 17.5 Å². The van der Waals surface area contributed by atoms with E-state index >= 15 is 0 Å². The maximum Gasteiger partial charge on any atom is 0.488 e. The van der Waals surface area contributed by atoms with Crippen molar-refractivity contribution in [2.24, 2.45) is 0 Å². The number of nitrogens with zero attached hydrogens (tertiary/aromatic N) is 1. The second-order valence-corrected chi connectivity index (χ2v) is 5.27. The first kappa shape index (κ1) is 13.2. The number of aryl methyl sites for hydroxylation is 1. The van der Waals surface area contributed by atoms with E-state index in [9.17, 15) is 10.0 Å². The van der Waals surface area contributed by atoms with E-state index in [0.717, 1.165) is 25.9 Å². The Labute approximate surface area is 119 Å². The van der Waals surface area contributed by atoms with Crippen LogP contribution in [0.4, 0.5) is 5.69 Å². The van der Waals surface area contributed by atoms with Gasteiger partial charge in [-0.2, -0.15) is 0 Å². The molecule has 1 heterocycles. The normalized spacial score (nSPS) is 14.0. The predicted molar refractivity (Wildman–Crippen MR) is 82.1 cm³/mol. The van der Waals surface area contributed by atoms with Crippen molar-refractivity contribution in [3.63, 3.8) is 0 Å². The lowest BCUT2D eigenvalue weighted by Crippen LogP contribution is -2.33. The molecule has 3 nitrogen and oxygen atoms in total. The molecule has 1 aliphatic heterocycles. The van der Waals surface area contributed by atoms with Crippen LogP contribution in [0, 0.1) is 0 Å². The van der Waals surface area contributed by atoms with Gasteiger partial charge in [0.1, 0.15) is 0 Å². The molecule has 0 amide bonds. The van der Waals surface area contributed by atoms with E-state index in [-0.39, 0.29) is 0 Å². The van der Waals surface area contributed by atoms with Gasteiger partial charge >= 0.3 is 7.12 Å². The highest BCUT2D eigenvalue weighted by molar-refractivity contribution is 6.58. The molecule has 0 spiro atoms. The second-order valence-electron chi connectivity index (χ2n) is 5.27. The quantitative estimate of drug-likeness (QED) is 0.824. The Bertz CT molecular complexity index is 586. The molecular formula is C16H18BNO2. The van der Waals surface area contributed by atoms with Crippen LogP contribution in [0.5, 0.6) is 0 Å². The third-order valence-electron chi connectivity index (χ3n) is 3.83. The van der Waals surface area contributed by atoms with Crippen LogP contribution in [0.3, 0.4) is 0 Å². The first-order chi connectivity index (χ1) is 9.74. The molecule has 3 rings (SSSR count). The minimum atomic E-state index is -1.38. The Balaban J connectivity index is 1.86. The van der Waals surface area contributed by atoms with E-state index in [0.29, 0.717) is 5.46 Å². The summed E-state index contributed by atoms with van der Waals surface area (Å²) in [4.78, 5) is 2.36. The summed E-state index contributed by atoms with van der Waals surface area (Å²) in [6, 6.07) is 16.1. The Kier molecular flexibility index (Phi) is 3.76. The van der Waals surface area contributed by atoms with E-state index in [1.165, 1.54) is 16.8 Å². The lowest BCUT2D eigenvalue weighted by atomic mass is 9.78. The fourth-order valence-corrected chi connectivity index (χ4v) is 2.82. The summed E-state index contributed by atoms with van der Waals surface area (Å²) in [5, 5.41) is 18.5. The predicted octanol–water partition coefficient (Wildman–Crippen LogP) is 1.32. The number of benzene rings is 2. The SMILES string of the molecule is OB(O)c1ccc2c(c1)CCCN2Cc1ccccc1. The van der Waals surface area contributed by atoms with Crippen molar-refractivity contribution in [1.82, 2.24) is 0 Å². The lowest BCUT2D eigenvalue weighted by Gasteiger charge is -2.31. The van der Waals surface area contributed by atoms with Gasteiger partial charge in [0.25, 0.3) is 0 Å². The molecule has 1 aliphatic rings. The molecule has 0 aliphatic carbocycles. The van der Waals surface area contributed by atoms with Gasteiger partial charge in [0.2, 0.25) is 0 Å². The van der Waals surface area contributed by atoms with Gasteiger partial charge in [0, 0.05) is 18.8 Å². The summed E-state index contributed by atoms with van der Waals surface area (Å²) in [7, 11) is -1.38. The molecule has 2 aromatic rings. The Morgan fingerprint density at radius 3 is 2.60 bits per heavy atom. The molecule has 0 atom stereocenters. The number of anilines is 1. The summed E-state index contributed by atoms with van der Waals surface area (Å²) in [5.41, 5.74) is 4.29. The Morgan fingerprint density at radius 2 is 1.85 bits per heavy atom. The van der Waals surface area contributed by atoms with Crippen LogP contribution in [-0.4, -0.2) is 23.7 Å². The number of hydrogen-bond donors (Lipinski definition) is 2. The van der Waals surface area contributed by atoms with Crippen molar-refractivity contribution in [2.45, 2.75) is 19.4 Å². The summed E-state index contributed by atoms with van der Waals surface area (Å²) in [5.74, 6) is 0. The topological polar surface area (TPSA) is 43.7 Å². The van der Waals surface area contributed by atoms with Gasteiger partial charge in [-0.1, -0.05) is 42.5 Å². The van der Waals surface area contributed by atoms with Crippen LogP contribution < -0.4 is 10.4 Å². The first-order valence-electron chi connectivity index (χ1n) is 7.02. The molecule has 0 unspecified atom stereocenters. The maximum atomic E-state index is 9.27. The summed E-state index contributed by atoms with van der Waals surface area (Å²) >= 11 is 0. The molecular weight excluding hydrogens is 249 g/mol. The summed E-state index contributed by atoms with van der Waals surface area (Å²) < 4.78 is 0. The summed E-state index contributed by atoms with van der Waals surface area (Å²) in [6.07, 6.45) is 2.10. The molecule has 102 valence electrons. The Hall–Kier alpha value is -1.78. The van der Waals surface area contributed by atoms with Crippen LogP contribution in [0.25, 0.3) is 0 Å². The highest BCUT2D eigenvalue weighted by atomic mass is 16.4. The lowest BCUT2D eigenvalue weighted by molar-refractivity contribution is 0.425. The standard InChI is InChI=1S/C16H18BNO2/c19-17(20)15-8-9-16-14(11-15)7-4-10-18(16)12-13-5-2-1-3-6-13/h1-3,5-6,8-9,11,19-20H,4,7,10,12H2. The molecule has 0 saturated heterocycles. The van der Waals surface area contributed by atoms with Crippen molar-refractivity contribution >= 4 is 18.3 Å². The average Bonchev–Trinajstić information content (AvgIpc) is 2.48. The molecule has 4 heteroatoms. The van der Waals surface area contributed by atoms with Crippen LogP contribution in [0.15, 0.2) is 48.5 Å². The minimum Gasteiger partial charge on any atom is -0.423 e. The smallest absolute Gasteiger partial charge is 0.423 e. The minimum absolute atomic E-state index is 0.574. The molecule has 0 aromatic heterocycles. The zero-order valence-electron chi connectivity index (χ0n) is 11.4. The average molecular weight is 267 g/mol. The van der Waals surface area contributed by atoms with Gasteiger partial charge in [-0.05, 0) is 35.5 Å². The monoisotopic (exact) mass is 267 g/mol.